The summed E-state index contributed by atoms with van der Waals surface area (Å²) in [5.41, 5.74) is 0. The predicted octanol–water partition coefficient (Wildman–Crippen LogP) is 0.683. The average molecular weight is 243 g/mol. The smallest absolute Gasteiger partial charge is 0.0620 e. The highest BCUT2D eigenvalue weighted by molar-refractivity contribution is 4.77. The normalized spacial score (nSPS) is 24.9. The zero-order chi connectivity index (χ0) is 12.7. The van der Waals surface area contributed by atoms with Gasteiger partial charge in [-0.2, -0.15) is 0 Å². The van der Waals surface area contributed by atoms with E-state index in [2.05, 4.69) is 43.5 Å². The van der Waals surface area contributed by atoms with Gasteiger partial charge in [0.15, 0.2) is 0 Å². The van der Waals surface area contributed by atoms with Crippen LogP contribution >= 0.6 is 0 Å². The zero-order valence-electron chi connectivity index (χ0n) is 11.8. The SMILES string of the molecule is CC(CCN(C)C)NC(C)CC1COCCN1. The molecule has 0 aromatic carbocycles. The monoisotopic (exact) mass is 243 g/mol. The van der Waals surface area contributed by atoms with Crippen LogP contribution in [0.1, 0.15) is 26.7 Å². The van der Waals surface area contributed by atoms with Crippen LogP contribution in [0.2, 0.25) is 0 Å². The van der Waals surface area contributed by atoms with Crippen LogP contribution in [0.15, 0.2) is 0 Å². The molecule has 1 aliphatic rings. The number of hydrogen-bond acceptors (Lipinski definition) is 4. The molecule has 102 valence electrons. The predicted molar refractivity (Wildman–Crippen MR) is 72.5 cm³/mol. The second-order valence-electron chi connectivity index (χ2n) is 5.52. The summed E-state index contributed by atoms with van der Waals surface area (Å²) in [5, 5.41) is 7.16. The summed E-state index contributed by atoms with van der Waals surface area (Å²) in [6.45, 7) is 8.39. The molecular weight excluding hydrogens is 214 g/mol. The van der Waals surface area contributed by atoms with Gasteiger partial charge in [-0.3, -0.25) is 0 Å². The zero-order valence-corrected chi connectivity index (χ0v) is 11.8. The summed E-state index contributed by atoms with van der Waals surface area (Å²) in [6, 6.07) is 1.65. The molecule has 1 rings (SSSR count). The van der Waals surface area contributed by atoms with Crippen LogP contribution in [0.25, 0.3) is 0 Å². The van der Waals surface area contributed by atoms with E-state index in [1.165, 1.54) is 6.42 Å². The van der Waals surface area contributed by atoms with E-state index in [0.717, 1.165) is 32.7 Å². The fourth-order valence-corrected chi connectivity index (χ4v) is 2.29. The Labute approximate surface area is 106 Å². The Hall–Kier alpha value is -0.160. The summed E-state index contributed by atoms with van der Waals surface area (Å²) >= 11 is 0. The maximum Gasteiger partial charge on any atom is 0.0620 e. The van der Waals surface area contributed by atoms with Gasteiger partial charge in [-0.1, -0.05) is 0 Å². The molecule has 17 heavy (non-hydrogen) atoms. The van der Waals surface area contributed by atoms with Crippen molar-refractivity contribution in [2.45, 2.75) is 44.8 Å². The summed E-state index contributed by atoms with van der Waals surface area (Å²) in [4.78, 5) is 2.24. The van der Waals surface area contributed by atoms with Crippen molar-refractivity contribution in [1.82, 2.24) is 15.5 Å². The first-order chi connectivity index (χ1) is 8.08. The van der Waals surface area contributed by atoms with E-state index in [4.69, 9.17) is 4.74 Å². The molecule has 0 amide bonds. The molecular formula is C13H29N3O. The van der Waals surface area contributed by atoms with Crippen LogP contribution in [0.3, 0.4) is 0 Å². The molecule has 1 aliphatic heterocycles. The lowest BCUT2D eigenvalue weighted by atomic mass is 10.1. The van der Waals surface area contributed by atoms with Crippen molar-refractivity contribution in [3.8, 4) is 0 Å². The molecule has 4 nitrogen and oxygen atoms in total. The molecule has 0 saturated carbocycles. The van der Waals surface area contributed by atoms with Crippen molar-refractivity contribution in [3.63, 3.8) is 0 Å². The van der Waals surface area contributed by atoms with Gasteiger partial charge in [-0.25, -0.2) is 0 Å². The number of rotatable bonds is 7. The highest BCUT2D eigenvalue weighted by atomic mass is 16.5. The summed E-state index contributed by atoms with van der Waals surface area (Å²) in [6.07, 6.45) is 2.35. The second-order valence-corrected chi connectivity index (χ2v) is 5.52. The second kappa shape index (κ2) is 8.03. The number of ether oxygens (including phenoxy) is 1. The Morgan fingerprint density at radius 3 is 2.71 bits per heavy atom. The summed E-state index contributed by atoms with van der Waals surface area (Å²) < 4.78 is 5.47. The molecule has 4 heteroatoms. The number of morpholine rings is 1. The highest BCUT2D eigenvalue weighted by Gasteiger charge is 2.17. The standard InChI is InChI=1S/C13H29N3O/c1-11(5-7-16(3)4)15-12(2)9-13-10-17-8-6-14-13/h11-15H,5-10H2,1-4H3. The molecule has 0 bridgehead atoms. The molecule has 0 aromatic heterocycles. The van der Waals surface area contributed by atoms with Gasteiger partial charge in [0.25, 0.3) is 0 Å². The molecule has 0 aliphatic carbocycles. The molecule has 2 N–H and O–H groups in total. The third-order valence-electron chi connectivity index (χ3n) is 3.21. The van der Waals surface area contributed by atoms with Gasteiger partial charge in [-0.15, -0.1) is 0 Å². The lowest BCUT2D eigenvalue weighted by Crippen LogP contribution is -2.46. The van der Waals surface area contributed by atoms with Crippen molar-refractivity contribution < 1.29 is 4.74 Å². The largest absolute Gasteiger partial charge is 0.379 e. The fourth-order valence-electron chi connectivity index (χ4n) is 2.29. The van der Waals surface area contributed by atoms with Crippen molar-refractivity contribution in [2.24, 2.45) is 0 Å². The molecule has 0 spiro atoms. The first kappa shape index (κ1) is 14.9. The molecule has 1 fully saturated rings. The number of nitrogens with one attached hydrogen (secondary N) is 2. The fraction of sp³-hybridized carbons (Fsp3) is 1.00. The van der Waals surface area contributed by atoms with Gasteiger partial charge < -0.3 is 20.3 Å². The van der Waals surface area contributed by atoms with Crippen molar-refractivity contribution in [1.29, 1.82) is 0 Å². The van der Waals surface area contributed by atoms with Crippen molar-refractivity contribution >= 4 is 0 Å². The molecule has 0 radical (unpaired) electrons. The quantitative estimate of drug-likeness (QED) is 0.689. The molecule has 3 atom stereocenters. The lowest BCUT2D eigenvalue weighted by Gasteiger charge is -2.28. The van der Waals surface area contributed by atoms with Gasteiger partial charge in [0.1, 0.15) is 0 Å². The summed E-state index contributed by atoms with van der Waals surface area (Å²) in [7, 11) is 4.25. The number of nitrogens with zero attached hydrogens (tertiary/aromatic N) is 1. The van der Waals surface area contributed by atoms with Crippen LogP contribution in [0, 0.1) is 0 Å². The minimum Gasteiger partial charge on any atom is -0.379 e. The van der Waals surface area contributed by atoms with E-state index in [-0.39, 0.29) is 0 Å². The Bertz CT molecular complexity index is 193. The summed E-state index contributed by atoms with van der Waals surface area (Å²) in [5.74, 6) is 0. The average Bonchev–Trinajstić information content (AvgIpc) is 2.27. The van der Waals surface area contributed by atoms with E-state index in [0.29, 0.717) is 18.1 Å². The molecule has 1 saturated heterocycles. The van der Waals surface area contributed by atoms with Crippen molar-refractivity contribution in [3.05, 3.63) is 0 Å². The van der Waals surface area contributed by atoms with Crippen LogP contribution < -0.4 is 10.6 Å². The van der Waals surface area contributed by atoms with Gasteiger partial charge in [0.2, 0.25) is 0 Å². The molecule has 0 aromatic rings. The Kier molecular flexibility index (Phi) is 7.04. The third-order valence-corrected chi connectivity index (χ3v) is 3.21. The minimum atomic E-state index is 0.521. The maximum atomic E-state index is 5.47. The van der Waals surface area contributed by atoms with E-state index >= 15 is 0 Å². The Balaban J connectivity index is 2.12. The lowest BCUT2D eigenvalue weighted by molar-refractivity contribution is 0.0707. The molecule has 3 unspecified atom stereocenters. The first-order valence-electron chi connectivity index (χ1n) is 6.80. The van der Waals surface area contributed by atoms with E-state index in [1.807, 2.05) is 0 Å². The minimum absolute atomic E-state index is 0.521. The van der Waals surface area contributed by atoms with Gasteiger partial charge in [0.05, 0.1) is 13.2 Å². The highest BCUT2D eigenvalue weighted by Crippen LogP contribution is 2.04. The van der Waals surface area contributed by atoms with Crippen LogP contribution in [0.5, 0.6) is 0 Å². The van der Waals surface area contributed by atoms with Gasteiger partial charge >= 0.3 is 0 Å². The van der Waals surface area contributed by atoms with Gasteiger partial charge in [-0.05, 0) is 47.3 Å². The van der Waals surface area contributed by atoms with Crippen molar-refractivity contribution in [2.75, 3.05) is 40.4 Å². The van der Waals surface area contributed by atoms with E-state index in [9.17, 15) is 0 Å². The number of hydrogen-bond donors (Lipinski definition) is 2. The first-order valence-corrected chi connectivity index (χ1v) is 6.80. The van der Waals surface area contributed by atoms with Crippen LogP contribution in [-0.4, -0.2) is 63.4 Å². The topological polar surface area (TPSA) is 36.5 Å². The molecule has 1 heterocycles. The van der Waals surface area contributed by atoms with Gasteiger partial charge in [0, 0.05) is 24.7 Å². The third kappa shape index (κ3) is 6.99. The van der Waals surface area contributed by atoms with Crippen LogP contribution in [0.4, 0.5) is 0 Å². The maximum absolute atomic E-state index is 5.47. The Morgan fingerprint density at radius 2 is 2.12 bits per heavy atom. The van der Waals surface area contributed by atoms with E-state index in [1.54, 1.807) is 0 Å². The Morgan fingerprint density at radius 1 is 1.35 bits per heavy atom. The van der Waals surface area contributed by atoms with Crippen LogP contribution in [-0.2, 0) is 4.74 Å². The van der Waals surface area contributed by atoms with E-state index < -0.39 is 0 Å².